The van der Waals surface area contributed by atoms with E-state index in [0.29, 0.717) is 11.8 Å². The highest BCUT2D eigenvalue weighted by molar-refractivity contribution is 5.76. The largest absolute Gasteiger partial charge is 0.504 e. The molecule has 2 saturated carbocycles. The maximum atomic E-state index is 12.4. The van der Waals surface area contributed by atoms with Crippen molar-refractivity contribution in [1.82, 2.24) is 10.2 Å². The van der Waals surface area contributed by atoms with Gasteiger partial charge < -0.3 is 15.2 Å². The molecule has 3 aliphatic carbocycles. The number of carbonyl (C=O) groups excluding carboxylic acids is 1. The van der Waals surface area contributed by atoms with Crippen LogP contribution in [0.4, 0.5) is 0 Å². The Morgan fingerprint density at radius 1 is 1.33 bits per heavy atom. The van der Waals surface area contributed by atoms with Crippen molar-refractivity contribution in [3.8, 4) is 11.5 Å². The van der Waals surface area contributed by atoms with Gasteiger partial charge in [-0.2, -0.15) is 0 Å². The number of rotatable bonds is 3. The molecule has 144 valence electrons. The Morgan fingerprint density at radius 3 is 2.96 bits per heavy atom. The van der Waals surface area contributed by atoms with E-state index in [2.05, 4.69) is 16.3 Å². The van der Waals surface area contributed by atoms with Gasteiger partial charge in [0, 0.05) is 25.1 Å². The Hall–Kier alpha value is -1.75. The van der Waals surface area contributed by atoms with Gasteiger partial charge in [0.2, 0.25) is 5.91 Å². The van der Waals surface area contributed by atoms with E-state index >= 15 is 0 Å². The van der Waals surface area contributed by atoms with E-state index < -0.39 is 0 Å². The quantitative estimate of drug-likeness (QED) is 0.861. The first-order valence-electron chi connectivity index (χ1n) is 10.6. The zero-order chi connectivity index (χ0) is 18.4. The number of likely N-dealkylation sites (tertiary alicyclic amines) is 1. The van der Waals surface area contributed by atoms with E-state index in [4.69, 9.17) is 4.74 Å². The summed E-state index contributed by atoms with van der Waals surface area (Å²) in [6.45, 7) is 3.88. The number of carbonyl (C=O) groups is 1. The average molecular weight is 368 g/mol. The van der Waals surface area contributed by atoms with Crippen molar-refractivity contribution in [2.45, 2.75) is 75.0 Å². The van der Waals surface area contributed by atoms with Crippen LogP contribution in [0.2, 0.25) is 0 Å². The van der Waals surface area contributed by atoms with Crippen molar-refractivity contribution in [2.75, 3.05) is 13.1 Å². The number of piperidine rings is 1. The van der Waals surface area contributed by atoms with E-state index in [1.807, 2.05) is 0 Å². The predicted molar refractivity (Wildman–Crippen MR) is 101 cm³/mol. The second-order valence-corrected chi connectivity index (χ2v) is 9.48. The molecular formula is C22H28N2O3. The van der Waals surface area contributed by atoms with Crippen molar-refractivity contribution in [1.29, 1.82) is 0 Å². The van der Waals surface area contributed by atoms with Crippen LogP contribution < -0.4 is 10.1 Å². The average Bonchev–Trinajstić information content (AvgIpc) is 3.37. The molecule has 5 aliphatic rings. The monoisotopic (exact) mass is 368 g/mol. The van der Waals surface area contributed by atoms with Gasteiger partial charge >= 0.3 is 0 Å². The highest BCUT2D eigenvalue weighted by Gasteiger charge is 2.71. The van der Waals surface area contributed by atoms with E-state index in [1.165, 1.54) is 24.0 Å². The molecule has 2 aliphatic heterocycles. The standard InChI is InChI=1S/C22H28N2O3/c1-13(25)23-22-8-2-3-18-21(22)9-10-24(12-14-4-5-14)17(22)11-15-6-7-16(26)20(27-18)19(15)21/h6-7,14,17-18,26H,2-5,8-12H2,1H3,(H,23,25)/t17-,18+,21-,22-/m1/s1. The molecule has 0 unspecified atom stereocenters. The lowest BCUT2D eigenvalue weighted by Crippen LogP contribution is -2.80. The summed E-state index contributed by atoms with van der Waals surface area (Å²) in [5.41, 5.74) is 2.06. The maximum Gasteiger partial charge on any atom is 0.217 e. The number of phenols is 1. The summed E-state index contributed by atoms with van der Waals surface area (Å²) in [4.78, 5) is 15.1. The third kappa shape index (κ3) is 1.91. The molecule has 1 spiro atoms. The predicted octanol–water partition coefficient (Wildman–Crippen LogP) is 2.49. The number of benzene rings is 1. The Labute approximate surface area is 160 Å². The highest BCUT2D eigenvalue weighted by atomic mass is 16.5. The summed E-state index contributed by atoms with van der Waals surface area (Å²) in [7, 11) is 0. The Morgan fingerprint density at radius 2 is 2.19 bits per heavy atom. The summed E-state index contributed by atoms with van der Waals surface area (Å²) >= 11 is 0. The SMILES string of the molecule is CC(=O)N[C@@]12CCC[C@@H]3Oc4c(O)ccc5c4[C@@]31CCN(CC1CC1)[C@@H]2C5. The second-order valence-electron chi connectivity index (χ2n) is 9.48. The van der Waals surface area contributed by atoms with E-state index in [0.717, 1.165) is 51.1 Å². The zero-order valence-corrected chi connectivity index (χ0v) is 16.0. The molecule has 5 nitrogen and oxygen atoms in total. The molecule has 2 bridgehead atoms. The summed E-state index contributed by atoms with van der Waals surface area (Å²) in [5.74, 6) is 1.85. The van der Waals surface area contributed by atoms with E-state index in [1.54, 1.807) is 13.0 Å². The van der Waals surface area contributed by atoms with Gasteiger partial charge in [0.25, 0.3) is 0 Å². The van der Waals surface area contributed by atoms with Crippen LogP contribution in [0.3, 0.4) is 0 Å². The maximum absolute atomic E-state index is 12.4. The van der Waals surface area contributed by atoms with Gasteiger partial charge in [-0.15, -0.1) is 0 Å². The molecule has 1 aromatic carbocycles. The van der Waals surface area contributed by atoms with E-state index in [-0.39, 0.29) is 28.7 Å². The lowest BCUT2D eigenvalue weighted by atomic mass is 9.47. The third-order valence-electron chi connectivity index (χ3n) is 8.12. The minimum atomic E-state index is -0.277. The molecule has 1 amide bonds. The molecular weight excluding hydrogens is 340 g/mol. The van der Waals surface area contributed by atoms with Crippen molar-refractivity contribution in [3.63, 3.8) is 0 Å². The Balaban J connectivity index is 1.58. The van der Waals surface area contributed by atoms with Gasteiger partial charge in [0.05, 0.1) is 11.0 Å². The van der Waals surface area contributed by atoms with Crippen LogP contribution in [0.5, 0.6) is 11.5 Å². The smallest absolute Gasteiger partial charge is 0.217 e. The van der Waals surface area contributed by atoms with Crippen LogP contribution in [-0.4, -0.2) is 46.7 Å². The molecule has 6 rings (SSSR count). The first-order chi connectivity index (χ1) is 13.0. The summed E-state index contributed by atoms with van der Waals surface area (Å²) in [6, 6.07) is 4.22. The van der Waals surface area contributed by atoms with Crippen LogP contribution in [-0.2, 0) is 16.6 Å². The van der Waals surface area contributed by atoms with Crippen LogP contribution in [0, 0.1) is 5.92 Å². The molecule has 0 radical (unpaired) electrons. The van der Waals surface area contributed by atoms with Gasteiger partial charge in [0.1, 0.15) is 6.10 Å². The van der Waals surface area contributed by atoms with Crippen molar-refractivity contribution in [3.05, 3.63) is 23.3 Å². The molecule has 5 heteroatoms. The van der Waals surface area contributed by atoms with Gasteiger partial charge in [-0.3, -0.25) is 9.69 Å². The topological polar surface area (TPSA) is 61.8 Å². The number of nitrogens with one attached hydrogen (secondary N) is 1. The zero-order valence-electron chi connectivity index (χ0n) is 16.0. The van der Waals surface area contributed by atoms with Gasteiger partial charge in [-0.1, -0.05) is 6.07 Å². The molecule has 1 aromatic rings. The number of hydrogen-bond acceptors (Lipinski definition) is 4. The normalized spacial score (nSPS) is 38.9. The van der Waals surface area contributed by atoms with Crippen molar-refractivity contribution in [2.24, 2.45) is 5.92 Å². The van der Waals surface area contributed by atoms with Crippen LogP contribution >= 0.6 is 0 Å². The number of aromatic hydroxyl groups is 1. The first kappa shape index (κ1) is 16.2. The van der Waals surface area contributed by atoms with Crippen LogP contribution in [0.25, 0.3) is 0 Å². The minimum absolute atomic E-state index is 0.0605. The van der Waals surface area contributed by atoms with Gasteiger partial charge in [0.15, 0.2) is 11.5 Å². The molecule has 27 heavy (non-hydrogen) atoms. The number of phenolic OH excluding ortho intramolecular Hbond substituents is 1. The van der Waals surface area contributed by atoms with Gasteiger partial charge in [-0.25, -0.2) is 0 Å². The van der Waals surface area contributed by atoms with Crippen molar-refractivity contribution >= 4 is 5.91 Å². The van der Waals surface area contributed by atoms with Gasteiger partial charge in [-0.05, 0) is 69.0 Å². The molecule has 0 aromatic heterocycles. The van der Waals surface area contributed by atoms with Crippen molar-refractivity contribution < 1.29 is 14.6 Å². The molecule has 1 saturated heterocycles. The summed E-state index contributed by atoms with van der Waals surface area (Å²) in [5, 5.41) is 14.0. The fraction of sp³-hybridized carbons (Fsp3) is 0.682. The highest BCUT2D eigenvalue weighted by Crippen LogP contribution is 2.65. The number of hydrogen-bond donors (Lipinski definition) is 2. The molecule has 4 atom stereocenters. The molecule has 2 heterocycles. The fourth-order valence-corrected chi connectivity index (χ4v) is 7.09. The Kier molecular flexibility index (Phi) is 3.12. The lowest BCUT2D eigenvalue weighted by molar-refractivity contribution is -0.132. The van der Waals surface area contributed by atoms with Crippen LogP contribution in [0.15, 0.2) is 12.1 Å². The molecule has 2 N–H and O–H groups in total. The first-order valence-corrected chi connectivity index (χ1v) is 10.6. The minimum Gasteiger partial charge on any atom is -0.504 e. The number of amides is 1. The number of nitrogens with zero attached hydrogens (tertiary/aromatic N) is 1. The Bertz CT molecular complexity index is 835. The molecule has 3 fully saturated rings. The fourth-order valence-electron chi connectivity index (χ4n) is 7.09. The summed E-state index contributed by atoms with van der Waals surface area (Å²) in [6.07, 6.45) is 7.77. The summed E-state index contributed by atoms with van der Waals surface area (Å²) < 4.78 is 6.42. The number of ether oxygens (including phenoxy) is 1. The second kappa shape index (κ2) is 5.19. The lowest BCUT2D eigenvalue weighted by Gasteiger charge is -2.65. The third-order valence-corrected chi connectivity index (χ3v) is 8.12. The van der Waals surface area contributed by atoms with E-state index in [9.17, 15) is 9.90 Å². The van der Waals surface area contributed by atoms with Crippen LogP contribution in [0.1, 0.15) is 56.6 Å².